The van der Waals surface area contributed by atoms with Crippen molar-refractivity contribution in [2.24, 2.45) is 5.92 Å². The van der Waals surface area contributed by atoms with E-state index >= 15 is 0 Å². The summed E-state index contributed by atoms with van der Waals surface area (Å²) in [4.78, 5) is 0. The fourth-order valence-corrected chi connectivity index (χ4v) is 2.07. The molecule has 0 aliphatic heterocycles. The molecule has 0 radical (unpaired) electrons. The molecule has 0 fully saturated rings. The Morgan fingerprint density at radius 3 is 2.18 bits per heavy atom. The number of aliphatic hydroxyl groups is 1. The van der Waals surface area contributed by atoms with Crippen molar-refractivity contribution in [2.45, 2.75) is 32.7 Å². The Labute approximate surface area is 104 Å². The summed E-state index contributed by atoms with van der Waals surface area (Å²) >= 11 is 0. The predicted octanol–water partition coefficient (Wildman–Crippen LogP) is 2.90. The van der Waals surface area contributed by atoms with Gasteiger partial charge in [-0.25, -0.2) is 0 Å². The summed E-state index contributed by atoms with van der Waals surface area (Å²) < 4.78 is 5.11. The van der Waals surface area contributed by atoms with Gasteiger partial charge in [-0.2, -0.15) is 0 Å². The average Bonchev–Trinajstić information content (AvgIpc) is 2.39. The minimum atomic E-state index is 0.124. The van der Waals surface area contributed by atoms with Crippen LogP contribution in [-0.4, -0.2) is 24.9 Å². The van der Waals surface area contributed by atoms with Crippen molar-refractivity contribution in [3.05, 3.63) is 24.3 Å². The quantitative estimate of drug-likeness (QED) is 0.766. The van der Waals surface area contributed by atoms with E-state index in [0.29, 0.717) is 5.92 Å². The summed E-state index contributed by atoms with van der Waals surface area (Å²) in [6.07, 6.45) is 2.15. The Morgan fingerprint density at radius 1 is 1.18 bits per heavy atom. The smallest absolute Gasteiger partial charge is 0.119 e. The topological polar surface area (TPSA) is 41.5 Å². The Hall–Kier alpha value is -1.22. The molecule has 96 valence electrons. The van der Waals surface area contributed by atoms with Gasteiger partial charge in [0, 0.05) is 5.69 Å². The van der Waals surface area contributed by atoms with Crippen LogP contribution in [0.5, 0.6) is 5.75 Å². The third-order valence-corrected chi connectivity index (χ3v) is 3.26. The lowest BCUT2D eigenvalue weighted by molar-refractivity contribution is 0.231. The average molecular weight is 237 g/mol. The maximum absolute atomic E-state index is 9.43. The summed E-state index contributed by atoms with van der Waals surface area (Å²) in [7, 11) is 1.66. The molecule has 2 N–H and O–H groups in total. The molecule has 0 spiro atoms. The molecule has 0 amide bonds. The van der Waals surface area contributed by atoms with Crippen LogP contribution in [0.25, 0.3) is 0 Å². The fraction of sp³-hybridized carbons (Fsp3) is 0.571. The van der Waals surface area contributed by atoms with Gasteiger partial charge in [0.05, 0.1) is 19.8 Å². The van der Waals surface area contributed by atoms with Crippen LogP contribution in [0.1, 0.15) is 26.7 Å². The molecule has 1 rings (SSSR count). The Morgan fingerprint density at radius 2 is 1.76 bits per heavy atom. The van der Waals surface area contributed by atoms with Crippen LogP contribution >= 0.6 is 0 Å². The molecular weight excluding hydrogens is 214 g/mol. The lowest BCUT2D eigenvalue weighted by atomic mass is 9.94. The number of methoxy groups -OCH3 is 1. The first-order valence-electron chi connectivity index (χ1n) is 6.26. The maximum atomic E-state index is 9.43. The van der Waals surface area contributed by atoms with Crippen LogP contribution in [0, 0.1) is 5.92 Å². The molecule has 1 unspecified atom stereocenters. The van der Waals surface area contributed by atoms with Crippen LogP contribution in [0.3, 0.4) is 0 Å². The van der Waals surface area contributed by atoms with Gasteiger partial charge >= 0.3 is 0 Å². The molecule has 0 aliphatic rings. The van der Waals surface area contributed by atoms with Crippen molar-refractivity contribution in [2.75, 3.05) is 19.0 Å². The highest BCUT2D eigenvalue weighted by molar-refractivity contribution is 5.47. The Kier molecular flexibility index (Phi) is 5.84. The molecule has 0 saturated carbocycles. The second-order valence-corrected chi connectivity index (χ2v) is 4.24. The molecule has 0 aromatic heterocycles. The van der Waals surface area contributed by atoms with Gasteiger partial charge in [-0.15, -0.1) is 0 Å². The van der Waals surface area contributed by atoms with E-state index in [0.717, 1.165) is 24.3 Å². The van der Waals surface area contributed by atoms with Gasteiger partial charge in [0.1, 0.15) is 5.75 Å². The second-order valence-electron chi connectivity index (χ2n) is 4.24. The molecule has 1 atom stereocenters. The highest BCUT2D eigenvalue weighted by Crippen LogP contribution is 2.20. The number of ether oxygens (including phenoxy) is 1. The van der Waals surface area contributed by atoms with Crippen LogP contribution in [0.4, 0.5) is 5.69 Å². The van der Waals surface area contributed by atoms with Crippen molar-refractivity contribution in [3.8, 4) is 5.75 Å². The van der Waals surface area contributed by atoms with Gasteiger partial charge in [0.25, 0.3) is 0 Å². The highest BCUT2D eigenvalue weighted by Gasteiger charge is 2.17. The molecule has 0 heterocycles. The first-order chi connectivity index (χ1) is 8.24. The van der Waals surface area contributed by atoms with Crippen molar-refractivity contribution >= 4 is 5.69 Å². The third-order valence-electron chi connectivity index (χ3n) is 3.26. The lowest BCUT2D eigenvalue weighted by Crippen LogP contribution is -2.32. The molecule has 1 aromatic carbocycles. The zero-order chi connectivity index (χ0) is 12.7. The Bertz CT molecular complexity index is 307. The molecule has 3 heteroatoms. The minimum absolute atomic E-state index is 0.124. The number of hydrogen-bond donors (Lipinski definition) is 2. The maximum Gasteiger partial charge on any atom is 0.119 e. The van der Waals surface area contributed by atoms with Gasteiger partial charge in [-0.05, 0) is 30.2 Å². The van der Waals surface area contributed by atoms with Crippen molar-refractivity contribution < 1.29 is 9.84 Å². The largest absolute Gasteiger partial charge is 0.497 e. The summed E-state index contributed by atoms with van der Waals surface area (Å²) in [6, 6.07) is 7.92. The summed E-state index contributed by atoms with van der Waals surface area (Å²) in [5.74, 6) is 1.35. The molecule has 0 aliphatic carbocycles. The van der Waals surface area contributed by atoms with Gasteiger partial charge < -0.3 is 15.2 Å². The molecule has 3 nitrogen and oxygen atoms in total. The van der Waals surface area contributed by atoms with E-state index in [4.69, 9.17) is 4.74 Å². The van der Waals surface area contributed by atoms with E-state index in [-0.39, 0.29) is 12.6 Å². The number of aliphatic hydroxyl groups excluding tert-OH is 1. The number of anilines is 1. The first-order valence-corrected chi connectivity index (χ1v) is 6.26. The lowest BCUT2D eigenvalue weighted by Gasteiger charge is -2.25. The number of nitrogens with one attached hydrogen (secondary N) is 1. The number of rotatable bonds is 7. The number of hydrogen-bond acceptors (Lipinski definition) is 3. The zero-order valence-electron chi connectivity index (χ0n) is 10.9. The first kappa shape index (κ1) is 13.8. The van der Waals surface area contributed by atoms with Crippen molar-refractivity contribution in [1.29, 1.82) is 0 Å². The van der Waals surface area contributed by atoms with Crippen LogP contribution in [0.2, 0.25) is 0 Å². The van der Waals surface area contributed by atoms with E-state index in [2.05, 4.69) is 19.2 Å². The zero-order valence-corrected chi connectivity index (χ0v) is 10.9. The van der Waals surface area contributed by atoms with E-state index < -0.39 is 0 Å². The predicted molar refractivity (Wildman–Crippen MR) is 71.6 cm³/mol. The minimum Gasteiger partial charge on any atom is -0.497 e. The van der Waals surface area contributed by atoms with E-state index in [1.54, 1.807) is 7.11 Å². The fourth-order valence-electron chi connectivity index (χ4n) is 2.07. The summed E-state index contributed by atoms with van der Waals surface area (Å²) in [5.41, 5.74) is 1.02. The van der Waals surface area contributed by atoms with Crippen LogP contribution in [-0.2, 0) is 0 Å². The van der Waals surface area contributed by atoms with Gasteiger partial charge in [-0.3, -0.25) is 0 Å². The molecule has 0 bridgehead atoms. The van der Waals surface area contributed by atoms with Crippen molar-refractivity contribution in [3.63, 3.8) is 0 Å². The van der Waals surface area contributed by atoms with E-state index in [9.17, 15) is 5.11 Å². The monoisotopic (exact) mass is 237 g/mol. The number of benzene rings is 1. The van der Waals surface area contributed by atoms with Crippen molar-refractivity contribution in [1.82, 2.24) is 0 Å². The molecule has 1 aromatic rings. The third kappa shape index (κ3) is 3.93. The van der Waals surface area contributed by atoms with E-state index in [1.807, 2.05) is 24.3 Å². The second kappa shape index (κ2) is 7.17. The standard InChI is InChI=1S/C14H23NO2/c1-4-11(5-2)14(10-16)15-12-6-8-13(17-3)9-7-12/h6-9,11,14-16H,4-5,10H2,1-3H3. The SMILES string of the molecule is CCC(CC)C(CO)Nc1ccc(OC)cc1. The van der Waals surface area contributed by atoms with Crippen LogP contribution in [0.15, 0.2) is 24.3 Å². The molecule has 17 heavy (non-hydrogen) atoms. The van der Waals surface area contributed by atoms with Crippen LogP contribution < -0.4 is 10.1 Å². The summed E-state index contributed by atoms with van der Waals surface area (Å²) in [5, 5.41) is 12.8. The van der Waals surface area contributed by atoms with Gasteiger partial charge in [-0.1, -0.05) is 26.7 Å². The highest BCUT2D eigenvalue weighted by atomic mass is 16.5. The van der Waals surface area contributed by atoms with Gasteiger partial charge in [0.2, 0.25) is 0 Å². The molecular formula is C14H23NO2. The molecule has 0 saturated heterocycles. The van der Waals surface area contributed by atoms with Gasteiger partial charge in [0.15, 0.2) is 0 Å². The van der Waals surface area contributed by atoms with E-state index in [1.165, 1.54) is 0 Å². The Balaban J connectivity index is 2.66. The summed E-state index contributed by atoms with van der Waals surface area (Å²) in [6.45, 7) is 4.48. The normalized spacial score (nSPS) is 12.5.